The van der Waals surface area contributed by atoms with Gasteiger partial charge in [-0.15, -0.1) is 0 Å². The van der Waals surface area contributed by atoms with Gasteiger partial charge in [0.05, 0.1) is 17.6 Å². The Morgan fingerprint density at radius 2 is 2.08 bits per heavy atom. The molecule has 0 spiro atoms. The number of ether oxygens (including phenoxy) is 1. The number of allylic oxidation sites excluding steroid dienone is 1. The minimum absolute atomic E-state index is 0.0486. The quantitative estimate of drug-likeness (QED) is 0.721. The summed E-state index contributed by atoms with van der Waals surface area (Å²) in [4.78, 5) is 12.2. The standard InChI is InChI=1S/C22H33NO3/c1-5-26-16-13-18-20(3)8-6-9-21(4,19(24)25)17(20)7-10-22(18,11-12-23)14-15(16)2/h14,16-18H,5-11,13H2,1-4H3,(H,24,25)/t16-,17-,18-,20-,21-,22+/m1/s1. The Morgan fingerprint density at radius 1 is 1.35 bits per heavy atom. The van der Waals surface area contributed by atoms with Crippen molar-refractivity contribution < 1.29 is 14.6 Å². The van der Waals surface area contributed by atoms with Gasteiger partial charge >= 0.3 is 5.97 Å². The Kier molecular flexibility index (Phi) is 4.99. The molecular weight excluding hydrogens is 326 g/mol. The molecule has 0 radical (unpaired) electrons. The first-order chi connectivity index (χ1) is 12.2. The second-order valence-electron chi connectivity index (χ2n) is 9.36. The Labute approximate surface area is 157 Å². The highest BCUT2D eigenvalue weighted by Gasteiger charge is 2.63. The zero-order chi connectivity index (χ0) is 19.2. The number of carbonyl (C=O) groups is 1. The van der Waals surface area contributed by atoms with Gasteiger partial charge in [-0.25, -0.2) is 0 Å². The van der Waals surface area contributed by atoms with Gasteiger partial charge in [0.15, 0.2) is 0 Å². The van der Waals surface area contributed by atoms with E-state index < -0.39 is 11.4 Å². The fourth-order valence-electron chi connectivity index (χ4n) is 6.91. The van der Waals surface area contributed by atoms with Gasteiger partial charge in [-0.2, -0.15) is 5.26 Å². The van der Waals surface area contributed by atoms with Crippen molar-refractivity contribution in [3.63, 3.8) is 0 Å². The van der Waals surface area contributed by atoms with Gasteiger partial charge in [0.25, 0.3) is 0 Å². The van der Waals surface area contributed by atoms with Crippen LogP contribution in [0.15, 0.2) is 11.6 Å². The molecule has 0 unspecified atom stereocenters. The number of nitrogens with zero attached hydrogens (tertiary/aromatic N) is 1. The topological polar surface area (TPSA) is 70.3 Å². The van der Waals surface area contributed by atoms with E-state index in [1.165, 1.54) is 5.57 Å². The average Bonchev–Trinajstić information content (AvgIpc) is 2.56. The van der Waals surface area contributed by atoms with Crippen molar-refractivity contribution in [3.8, 4) is 6.07 Å². The second kappa shape index (κ2) is 6.68. The highest BCUT2D eigenvalue weighted by atomic mass is 16.5. The summed E-state index contributed by atoms with van der Waals surface area (Å²) in [6.07, 6.45) is 8.49. The maximum atomic E-state index is 12.2. The molecule has 6 atom stereocenters. The van der Waals surface area contributed by atoms with Crippen LogP contribution in [0, 0.1) is 39.4 Å². The highest BCUT2D eigenvalue weighted by Crippen LogP contribution is 2.67. The molecule has 0 amide bonds. The van der Waals surface area contributed by atoms with Crippen LogP contribution in [0.4, 0.5) is 0 Å². The summed E-state index contributed by atoms with van der Waals surface area (Å²) in [7, 11) is 0. The lowest BCUT2D eigenvalue weighted by Crippen LogP contribution is -2.59. The van der Waals surface area contributed by atoms with Gasteiger partial charge in [0.2, 0.25) is 0 Å². The normalized spacial score (nSPS) is 45.0. The zero-order valence-corrected chi connectivity index (χ0v) is 16.7. The van der Waals surface area contributed by atoms with Crippen LogP contribution in [-0.4, -0.2) is 23.8 Å². The van der Waals surface area contributed by atoms with Crippen LogP contribution in [0.25, 0.3) is 0 Å². The molecule has 4 heteroatoms. The smallest absolute Gasteiger partial charge is 0.309 e. The van der Waals surface area contributed by atoms with E-state index in [-0.39, 0.29) is 22.9 Å². The van der Waals surface area contributed by atoms with E-state index in [1.807, 2.05) is 13.8 Å². The number of rotatable bonds is 4. The third-order valence-corrected chi connectivity index (χ3v) is 8.10. The van der Waals surface area contributed by atoms with E-state index in [2.05, 4.69) is 26.0 Å². The average molecular weight is 360 g/mol. The molecule has 144 valence electrons. The summed E-state index contributed by atoms with van der Waals surface area (Å²) in [5.74, 6) is -0.162. The van der Waals surface area contributed by atoms with Crippen LogP contribution < -0.4 is 0 Å². The monoisotopic (exact) mass is 359 g/mol. The van der Waals surface area contributed by atoms with Crippen LogP contribution in [0.3, 0.4) is 0 Å². The summed E-state index contributed by atoms with van der Waals surface area (Å²) in [5, 5.41) is 19.6. The van der Waals surface area contributed by atoms with Gasteiger partial charge in [0.1, 0.15) is 0 Å². The molecule has 0 saturated heterocycles. The van der Waals surface area contributed by atoms with Crippen LogP contribution in [0.1, 0.15) is 72.6 Å². The van der Waals surface area contributed by atoms with E-state index in [9.17, 15) is 15.2 Å². The third kappa shape index (κ3) is 2.71. The van der Waals surface area contributed by atoms with Gasteiger partial charge in [-0.1, -0.05) is 19.4 Å². The highest BCUT2D eigenvalue weighted by molar-refractivity contribution is 5.75. The summed E-state index contributed by atoms with van der Waals surface area (Å²) < 4.78 is 6.02. The lowest BCUT2D eigenvalue weighted by atomic mass is 9.40. The predicted molar refractivity (Wildman–Crippen MR) is 100 cm³/mol. The molecular formula is C22H33NO3. The second-order valence-corrected chi connectivity index (χ2v) is 9.36. The maximum absolute atomic E-state index is 12.2. The molecule has 0 heterocycles. The third-order valence-electron chi connectivity index (χ3n) is 8.10. The molecule has 0 aromatic heterocycles. The number of carboxylic acids is 1. The maximum Gasteiger partial charge on any atom is 0.309 e. The van der Waals surface area contributed by atoms with Crippen molar-refractivity contribution in [3.05, 3.63) is 11.6 Å². The van der Waals surface area contributed by atoms with Crippen molar-refractivity contribution in [2.24, 2.45) is 28.1 Å². The largest absolute Gasteiger partial charge is 0.481 e. The number of carboxylic acid groups (broad SMARTS) is 1. The molecule has 0 bridgehead atoms. The molecule has 3 aliphatic rings. The minimum atomic E-state index is -0.650. The summed E-state index contributed by atoms with van der Waals surface area (Å²) in [6, 6.07) is 2.45. The van der Waals surface area contributed by atoms with Crippen molar-refractivity contribution >= 4 is 5.97 Å². The Bertz CT molecular complexity index is 650. The molecule has 0 aliphatic heterocycles. The lowest BCUT2D eigenvalue weighted by Gasteiger charge is -2.63. The van der Waals surface area contributed by atoms with Gasteiger partial charge < -0.3 is 9.84 Å². The van der Waals surface area contributed by atoms with Crippen molar-refractivity contribution in [1.29, 1.82) is 5.26 Å². The molecule has 2 fully saturated rings. The molecule has 0 aromatic rings. The van der Waals surface area contributed by atoms with Gasteiger partial charge in [0, 0.05) is 18.4 Å². The first kappa shape index (κ1) is 19.4. The summed E-state index contributed by atoms with van der Waals surface area (Å²) >= 11 is 0. The molecule has 4 nitrogen and oxygen atoms in total. The van der Waals surface area contributed by atoms with E-state index in [4.69, 9.17) is 4.74 Å². The van der Waals surface area contributed by atoms with Crippen LogP contribution in [0.5, 0.6) is 0 Å². The van der Waals surface area contributed by atoms with Crippen molar-refractivity contribution in [2.75, 3.05) is 6.61 Å². The number of hydrogen-bond acceptors (Lipinski definition) is 3. The van der Waals surface area contributed by atoms with E-state index in [0.717, 1.165) is 38.5 Å². The SMILES string of the molecule is CCO[C@@H]1C[C@H]2[C@@](CC#N)(C=C1C)CC[C@@H]1[C@@]2(C)CCC[C@@]1(C)C(=O)O. The summed E-state index contributed by atoms with van der Waals surface area (Å²) in [6.45, 7) is 9.11. The van der Waals surface area contributed by atoms with Crippen LogP contribution >= 0.6 is 0 Å². The molecule has 0 aromatic carbocycles. The Balaban J connectivity index is 2.07. The van der Waals surface area contributed by atoms with Crippen molar-refractivity contribution in [1.82, 2.24) is 0 Å². The van der Waals surface area contributed by atoms with Crippen molar-refractivity contribution in [2.45, 2.75) is 78.7 Å². The molecule has 26 heavy (non-hydrogen) atoms. The molecule has 3 aliphatic carbocycles. The number of fused-ring (bicyclic) bond motifs is 3. The number of hydrogen-bond donors (Lipinski definition) is 1. The Morgan fingerprint density at radius 3 is 2.69 bits per heavy atom. The first-order valence-corrected chi connectivity index (χ1v) is 10.1. The van der Waals surface area contributed by atoms with Gasteiger partial charge in [-0.05, 0) is 75.7 Å². The fraction of sp³-hybridized carbons (Fsp3) is 0.818. The van der Waals surface area contributed by atoms with Crippen LogP contribution in [-0.2, 0) is 9.53 Å². The lowest BCUT2D eigenvalue weighted by molar-refractivity contribution is -0.178. The molecule has 3 rings (SSSR count). The summed E-state index contributed by atoms with van der Waals surface area (Å²) in [5.41, 5.74) is 0.433. The van der Waals surface area contributed by atoms with E-state index in [1.54, 1.807) is 0 Å². The van der Waals surface area contributed by atoms with Gasteiger partial charge in [-0.3, -0.25) is 4.79 Å². The minimum Gasteiger partial charge on any atom is -0.481 e. The van der Waals surface area contributed by atoms with E-state index >= 15 is 0 Å². The van der Waals surface area contributed by atoms with E-state index in [0.29, 0.717) is 18.9 Å². The van der Waals surface area contributed by atoms with Crippen LogP contribution in [0.2, 0.25) is 0 Å². The zero-order valence-electron chi connectivity index (χ0n) is 16.7. The molecule has 1 N–H and O–H groups in total. The first-order valence-electron chi connectivity index (χ1n) is 10.1. The number of aliphatic carboxylic acids is 1. The number of nitriles is 1. The predicted octanol–water partition coefficient (Wildman–Crippen LogP) is 4.95. The Hall–Kier alpha value is -1.34. The molecule has 2 saturated carbocycles. The fourth-order valence-corrected chi connectivity index (χ4v) is 6.91.